The van der Waals surface area contributed by atoms with E-state index in [-0.39, 0.29) is 11.4 Å². The SMILES string of the molecule is CC(C)(C)N(N)C(=O)c1cccs1. The van der Waals surface area contributed by atoms with Crippen LogP contribution in [0.2, 0.25) is 0 Å². The summed E-state index contributed by atoms with van der Waals surface area (Å²) in [5.41, 5.74) is -0.332. The van der Waals surface area contributed by atoms with E-state index in [9.17, 15) is 4.79 Å². The monoisotopic (exact) mass is 198 g/mol. The highest BCUT2D eigenvalue weighted by Gasteiger charge is 2.24. The van der Waals surface area contributed by atoms with E-state index in [2.05, 4.69) is 0 Å². The molecule has 1 aromatic heterocycles. The van der Waals surface area contributed by atoms with Crippen LogP contribution in [0.1, 0.15) is 30.4 Å². The summed E-state index contributed by atoms with van der Waals surface area (Å²) in [5.74, 6) is 5.55. The Labute approximate surface area is 82.1 Å². The van der Waals surface area contributed by atoms with E-state index in [1.165, 1.54) is 16.3 Å². The van der Waals surface area contributed by atoms with Crippen molar-refractivity contribution >= 4 is 17.2 Å². The minimum absolute atomic E-state index is 0.123. The van der Waals surface area contributed by atoms with Crippen LogP contribution in [0.4, 0.5) is 0 Å². The summed E-state index contributed by atoms with van der Waals surface area (Å²) in [5, 5.41) is 3.13. The molecule has 72 valence electrons. The molecule has 1 aromatic rings. The Morgan fingerprint density at radius 1 is 1.54 bits per heavy atom. The molecule has 0 radical (unpaired) electrons. The Hall–Kier alpha value is -0.870. The van der Waals surface area contributed by atoms with Crippen molar-refractivity contribution in [3.63, 3.8) is 0 Å². The third kappa shape index (κ3) is 2.29. The number of carbonyl (C=O) groups excluding carboxylic acids is 1. The lowest BCUT2D eigenvalue weighted by molar-refractivity contribution is 0.0587. The zero-order valence-corrected chi connectivity index (χ0v) is 8.89. The van der Waals surface area contributed by atoms with E-state index >= 15 is 0 Å². The number of rotatable bonds is 1. The predicted octanol–water partition coefficient (Wildman–Crippen LogP) is 1.86. The number of nitrogens with two attached hydrogens (primary N) is 1. The molecule has 1 heterocycles. The summed E-state index contributed by atoms with van der Waals surface area (Å²) in [7, 11) is 0. The maximum absolute atomic E-state index is 11.7. The smallest absolute Gasteiger partial charge is 0.271 e. The van der Waals surface area contributed by atoms with Gasteiger partial charge in [0, 0.05) is 0 Å². The second-order valence-electron chi connectivity index (χ2n) is 3.82. The number of nitrogens with zero attached hydrogens (tertiary/aromatic N) is 1. The van der Waals surface area contributed by atoms with Crippen LogP contribution in [0.25, 0.3) is 0 Å². The normalized spacial score (nSPS) is 11.4. The summed E-state index contributed by atoms with van der Waals surface area (Å²) >= 11 is 1.40. The van der Waals surface area contributed by atoms with Gasteiger partial charge in [-0.1, -0.05) is 6.07 Å². The van der Waals surface area contributed by atoms with Gasteiger partial charge in [-0.15, -0.1) is 11.3 Å². The van der Waals surface area contributed by atoms with Crippen molar-refractivity contribution in [2.75, 3.05) is 0 Å². The molecule has 0 aliphatic rings. The molecule has 0 saturated heterocycles. The highest BCUT2D eigenvalue weighted by atomic mass is 32.1. The van der Waals surface area contributed by atoms with Gasteiger partial charge in [0.15, 0.2) is 0 Å². The second kappa shape index (κ2) is 3.47. The number of thiophene rings is 1. The minimum Gasteiger partial charge on any atom is -0.271 e. The number of carbonyl (C=O) groups is 1. The van der Waals surface area contributed by atoms with Crippen molar-refractivity contribution in [3.8, 4) is 0 Å². The molecule has 4 heteroatoms. The topological polar surface area (TPSA) is 46.3 Å². The quantitative estimate of drug-likeness (QED) is 0.425. The van der Waals surface area contributed by atoms with Crippen LogP contribution in [0.5, 0.6) is 0 Å². The molecule has 0 aliphatic carbocycles. The van der Waals surface area contributed by atoms with E-state index in [1.54, 1.807) is 6.07 Å². The van der Waals surface area contributed by atoms with Crippen molar-refractivity contribution < 1.29 is 4.79 Å². The molecular formula is C9H14N2OS. The van der Waals surface area contributed by atoms with Gasteiger partial charge in [0.05, 0.1) is 10.4 Å². The van der Waals surface area contributed by atoms with Crippen molar-refractivity contribution in [3.05, 3.63) is 22.4 Å². The van der Waals surface area contributed by atoms with Gasteiger partial charge in [0.2, 0.25) is 0 Å². The fraction of sp³-hybridized carbons (Fsp3) is 0.444. The third-order valence-corrected chi connectivity index (χ3v) is 2.53. The molecule has 0 unspecified atom stereocenters. The Bertz CT molecular complexity index is 287. The molecule has 1 amide bonds. The van der Waals surface area contributed by atoms with E-state index in [1.807, 2.05) is 32.2 Å². The van der Waals surface area contributed by atoms with E-state index < -0.39 is 0 Å². The summed E-state index contributed by atoms with van der Waals surface area (Å²) in [6.07, 6.45) is 0. The summed E-state index contributed by atoms with van der Waals surface area (Å²) in [6, 6.07) is 3.62. The van der Waals surface area contributed by atoms with Crippen LogP contribution in [-0.4, -0.2) is 16.5 Å². The fourth-order valence-corrected chi connectivity index (χ4v) is 1.48. The lowest BCUT2D eigenvalue weighted by atomic mass is 10.1. The Morgan fingerprint density at radius 3 is 2.54 bits per heavy atom. The first-order valence-corrected chi connectivity index (χ1v) is 4.93. The zero-order valence-electron chi connectivity index (χ0n) is 8.07. The second-order valence-corrected chi connectivity index (χ2v) is 4.77. The molecule has 0 atom stereocenters. The third-order valence-electron chi connectivity index (χ3n) is 1.67. The van der Waals surface area contributed by atoms with Gasteiger partial charge >= 0.3 is 0 Å². The number of hydrogen-bond donors (Lipinski definition) is 1. The molecular weight excluding hydrogens is 184 g/mol. The Balaban J connectivity index is 2.81. The molecule has 1 rings (SSSR count). The van der Waals surface area contributed by atoms with Gasteiger partial charge in [-0.25, -0.2) is 5.84 Å². The van der Waals surface area contributed by atoms with Gasteiger partial charge in [0.1, 0.15) is 0 Å². The van der Waals surface area contributed by atoms with Gasteiger partial charge in [-0.05, 0) is 32.2 Å². The lowest BCUT2D eigenvalue weighted by Gasteiger charge is -2.30. The molecule has 3 nitrogen and oxygen atoms in total. The molecule has 0 saturated carbocycles. The predicted molar refractivity (Wildman–Crippen MR) is 54.4 cm³/mol. The van der Waals surface area contributed by atoms with Gasteiger partial charge in [-0.2, -0.15) is 0 Å². The molecule has 0 aromatic carbocycles. The van der Waals surface area contributed by atoms with E-state index in [4.69, 9.17) is 5.84 Å². The first kappa shape index (κ1) is 10.2. The number of amides is 1. The van der Waals surface area contributed by atoms with Crippen LogP contribution in [0.15, 0.2) is 17.5 Å². The van der Waals surface area contributed by atoms with Crippen LogP contribution in [0, 0.1) is 0 Å². The van der Waals surface area contributed by atoms with Crippen LogP contribution >= 0.6 is 11.3 Å². The average Bonchev–Trinajstić information content (AvgIpc) is 2.51. The van der Waals surface area contributed by atoms with Crippen LogP contribution in [-0.2, 0) is 0 Å². The number of hydrazine groups is 1. The summed E-state index contributed by atoms with van der Waals surface area (Å²) in [6.45, 7) is 5.70. The zero-order chi connectivity index (χ0) is 10.1. The lowest BCUT2D eigenvalue weighted by Crippen LogP contribution is -2.50. The molecule has 13 heavy (non-hydrogen) atoms. The van der Waals surface area contributed by atoms with Crippen molar-refractivity contribution in [1.82, 2.24) is 5.01 Å². The standard InChI is InChI=1S/C9H14N2OS/c1-9(2,3)11(10)8(12)7-5-4-6-13-7/h4-6H,10H2,1-3H3. The minimum atomic E-state index is -0.332. The summed E-state index contributed by atoms with van der Waals surface area (Å²) < 4.78 is 0. The van der Waals surface area contributed by atoms with Crippen LogP contribution in [0.3, 0.4) is 0 Å². The first-order valence-electron chi connectivity index (χ1n) is 4.05. The van der Waals surface area contributed by atoms with Crippen molar-refractivity contribution in [2.45, 2.75) is 26.3 Å². The molecule has 2 N–H and O–H groups in total. The fourth-order valence-electron chi connectivity index (χ4n) is 0.824. The highest BCUT2D eigenvalue weighted by Crippen LogP contribution is 2.16. The van der Waals surface area contributed by atoms with E-state index in [0.717, 1.165) is 0 Å². The van der Waals surface area contributed by atoms with Crippen molar-refractivity contribution in [2.24, 2.45) is 5.84 Å². The molecule has 0 bridgehead atoms. The van der Waals surface area contributed by atoms with E-state index in [0.29, 0.717) is 4.88 Å². The van der Waals surface area contributed by atoms with Gasteiger partial charge in [0.25, 0.3) is 5.91 Å². The Kier molecular flexibility index (Phi) is 2.73. The summed E-state index contributed by atoms with van der Waals surface area (Å²) in [4.78, 5) is 12.3. The number of hydrogen-bond acceptors (Lipinski definition) is 3. The molecule has 0 fully saturated rings. The average molecular weight is 198 g/mol. The van der Waals surface area contributed by atoms with Crippen molar-refractivity contribution in [1.29, 1.82) is 0 Å². The maximum atomic E-state index is 11.7. The highest BCUT2D eigenvalue weighted by molar-refractivity contribution is 7.12. The molecule has 0 spiro atoms. The Morgan fingerprint density at radius 2 is 2.15 bits per heavy atom. The van der Waals surface area contributed by atoms with Crippen LogP contribution < -0.4 is 5.84 Å². The first-order chi connectivity index (χ1) is 5.93. The largest absolute Gasteiger partial charge is 0.278 e. The van der Waals surface area contributed by atoms with Gasteiger partial charge < -0.3 is 0 Å². The molecule has 0 aliphatic heterocycles. The van der Waals surface area contributed by atoms with Gasteiger partial charge in [-0.3, -0.25) is 9.80 Å². The maximum Gasteiger partial charge on any atom is 0.278 e.